The van der Waals surface area contributed by atoms with Crippen molar-refractivity contribution >= 4 is 37.5 Å². The van der Waals surface area contributed by atoms with Crippen LogP contribution in [0.15, 0.2) is 21.1 Å². The van der Waals surface area contributed by atoms with Crippen LogP contribution in [0.5, 0.6) is 0 Å². The summed E-state index contributed by atoms with van der Waals surface area (Å²) in [7, 11) is 4.06. The molecule has 0 spiro atoms. The lowest BCUT2D eigenvalue weighted by Crippen LogP contribution is -2.09. The Kier molecular flexibility index (Phi) is 3.18. The van der Waals surface area contributed by atoms with Crippen molar-refractivity contribution in [2.24, 2.45) is 0 Å². The Hall–Kier alpha value is -0.0200. The highest BCUT2D eigenvalue weighted by atomic mass is 79.9. The van der Waals surface area contributed by atoms with E-state index in [-0.39, 0.29) is 0 Å². The van der Waals surface area contributed by atoms with Crippen molar-refractivity contribution in [1.29, 1.82) is 0 Å². The summed E-state index contributed by atoms with van der Waals surface area (Å²) in [5.74, 6) is 0. The van der Waals surface area contributed by atoms with Crippen molar-refractivity contribution < 1.29 is 0 Å². The highest BCUT2D eigenvalue weighted by molar-refractivity contribution is 9.11. The number of hydrogen-bond donors (Lipinski definition) is 0. The highest BCUT2D eigenvalue weighted by Crippen LogP contribution is 2.30. The Morgan fingerprint density at radius 3 is 2.17 bits per heavy atom. The average molecular weight is 293 g/mol. The zero-order valence-corrected chi connectivity index (χ0v) is 10.5. The minimum Gasteiger partial charge on any atom is -0.377 e. The molecule has 1 aromatic rings. The Bertz CT molecular complexity index is 295. The van der Waals surface area contributed by atoms with Crippen LogP contribution in [0.25, 0.3) is 0 Å². The molecule has 0 fully saturated rings. The third-order valence-electron chi connectivity index (χ3n) is 1.71. The molecule has 1 nitrogen and oxygen atoms in total. The van der Waals surface area contributed by atoms with Gasteiger partial charge >= 0.3 is 0 Å². The fourth-order valence-corrected chi connectivity index (χ4v) is 2.12. The molecule has 0 heterocycles. The minimum atomic E-state index is 1.13. The Morgan fingerprint density at radius 1 is 1.08 bits per heavy atom. The fraction of sp³-hybridized carbons (Fsp3) is 0.333. The van der Waals surface area contributed by atoms with Crippen molar-refractivity contribution in [1.82, 2.24) is 0 Å². The molecule has 0 amide bonds. The maximum Gasteiger partial charge on any atom is 0.0516 e. The van der Waals surface area contributed by atoms with Crippen LogP contribution < -0.4 is 4.90 Å². The molecule has 0 aliphatic carbocycles. The van der Waals surface area contributed by atoms with E-state index in [0.29, 0.717) is 0 Å². The normalized spacial score (nSPS) is 10.1. The standard InChI is InChI=1S/C9H11Br2N/c1-6-4-8(11)9(12(2)3)5-7(6)10/h4-5H,1-3H3. The molecule has 0 aliphatic rings. The van der Waals surface area contributed by atoms with Gasteiger partial charge in [0.15, 0.2) is 0 Å². The summed E-state index contributed by atoms with van der Waals surface area (Å²) in [6.45, 7) is 2.08. The van der Waals surface area contributed by atoms with Gasteiger partial charge in [0.05, 0.1) is 5.69 Å². The molecule has 3 heteroatoms. The van der Waals surface area contributed by atoms with E-state index < -0.39 is 0 Å². The first-order chi connectivity index (χ1) is 5.52. The van der Waals surface area contributed by atoms with Gasteiger partial charge < -0.3 is 4.90 Å². The fourth-order valence-electron chi connectivity index (χ4n) is 0.978. The van der Waals surface area contributed by atoms with Gasteiger partial charge in [-0.25, -0.2) is 0 Å². The number of anilines is 1. The molecule has 0 saturated carbocycles. The molecule has 0 aromatic heterocycles. The second kappa shape index (κ2) is 3.79. The maximum atomic E-state index is 3.52. The van der Waals surface area contributed by atoms with E-state index in [1.165, 1.54) is 11.3 Å². The summed E-state index contributed by atoms with van der Waals surface area (Å²) in [6, 6.07) is 4.22. The topological polar surface area (TPSA) is 3.24 Å². The molecule has 0 saturated heterocycles. The second-order valence-corrected chi connectivity index (χ2v) is 4.66. The van der Waals surface area contributed by atoms with E-state index >= 15 is 0 Å². The molecule has 0 atom stereocenters. The van der Waals surface area contributed by atoms with Gasteiger partial charge in [0.25, 0.3) is 0 Å². The number of benzene rings is 1. The summed E-state index contributed by atoms with van der Waals surface area (Å²) in [4.78, 5) is 2.08. The molecule has 0 N–H and O–H groups in total. The molecule has 66 valence electrons. The Labute approximate surface area is 90.0 Å². The molecule has 0 bridgehead atoms. The Balaban J connectivity index is 3.23. The van der Waals surface area contributed by atoms with Gasteiger partial charge in [-0.15, -0.1) is 0 Å². The lowest BCUT2D eigenvalue weighted by atomic mass is 10.2. The molecule has 0 unspecified atom stereocenters. The summed E-state index contributed by atoms with van der Waals surface area (Å²) in [6.07, 6.45) is 0. The maximum absolute atomic E-state index is 3.52. The molecule has 0 radical (unpaired) electrons. The average Bonchev–Trinajstić information content (AvgIpc) is 1.96. The summed E-state index contributed by atoms with van der Waals surface area (Å²) in [5.41, 5.74) is 2.43. The largest absolute Gasteiger partial charge is 0.377 e. The van der Waals surface area contributed by atoms with Crippen LogP contribution in [0.3, 0.4) is 0 Å². The highest BCUT2D eigenvalue weighted by Gasteiger charge is 2.04. The third-order valence-corrected chi connectivity index (χ3v) is 3.20. The Morgan fingerprint density at radius 2 is 1.67 bits per heavy atom. The monoisotopic (exact) mass is 291 g/mol. The first-order valence-corrected chi connectivity index (χ1v) is 5.24. The number of nitrogens with zero attached hydrogens (tertiary/aromatic N) is 1. The van der Waals surface area contributed by atoms with E-state index in [2.05, 4.69) is 55.8 Å². The SMILES string of the molecule is Cc1cc(Br)c(N(C)C)cc1Br. The van der Waals surface area contributed by atoms with Crippen LogP contribution in [-0.4, -0.2) is 14.1 Å². The van der Waals surface area contributed by atoms with Crippen LogP contribution >= 0.6 is 31.9 Å². The van der Waals surface area contributed by atoms with Gasteiger partial charge in [0.1, 0.15) is 0 Å². The lowest BCUT2D eigenvalue weighted by Gasteiger charge is -2.15. The third kappa shape index (κ3) is 2.02. The van der Waals surface area contributed by atoms with E-state index in [4.69, 9.17) is 0 Å². The smallest absolute Gasteiger partial charge is 0.0516 e. The first kappa shape index (κ1) is 10.1. The zero-order chi connectivity index (χ0) is 9.30. The van der Waals surface area contributed by atoms with Crippen molar-refractivity contribution in [2.75, 3.05) is 19.0 Å². The summed E-state index contributed by atoms with van der Waals surface area (Å²) >= 11 is 7.02. The van der Waals surface area contributed by atoms with Gasteiger partial charge in [-0.2, -0.15) is 0 Å². The van der Waals surface area contributed by atoms with Gasteiger partial charge in [0, 0.05) is 23.0 Å². The molecular formula is C9H11Br2N. The van der Waals surface area contributed by atoms with Crippen molar-refractivity contribution in [2.45, 2.75) is 6.92 Å². The van der Waals surface area contributed by atoms with Crippen molar-refractivity contribution in [3.05, 3.63) is 26.6 Å². The van der Waals surface area contributed by atoms with Crippen LogP contribution in [-0.2, 0) is 0 Å². The summed E-state index contributed by atoms with van der Waals surface area (Å²) < 4.78 is 2.28. The predicted molar refractivity (Wildman–Crippen MR) is 60.9 cm³/mol. The molecule has 12 heavy (non-hydrogen) atoms. The predicted octanol–water partition coefficient (Wildman–Crippen LogP) is 3.59. The minimum absolute atomic E-state index is 1.13. The van der Waals surface area contributed by atoms with Gasteiger partial charge in [-0.1, -0.05) is 15.9 Å². The van der Waals surface area contributed by atoms with Crippen LogP contribution in [0, 0.1) is 6.92 Å². The number of halogens is 2. The molecule has 1 aromatic carbocycles. The van der Waals surface area contributed by atoms with Gasteiger partial charge in [-0.3, -0.25) is 0 Å². The van der Waals surface area contributed by atoms with E-state index in [1.807, 2.05) is 14.1 Å². The quantitative estimate of drug-likeness (QED) is 0.765. The molecule has 1 rings (SSSR count). The van der Waals surface area contributed by atoms with Crippen molar-refractivity contribution in [3.63, 3.8) is 0 Å². The summed E-state index contributed by atoms with van der Waals surface area (Å²) in [5, 5.41) is 0. The van der Waals surface area contributed by atoms with Gasteiger partial charge in [0.2, 0.25) is 0 Å². The lowest BCUT2D eigenvalue weighted by molar-refractivity contribution is 1.12. The van der Waals surface area contributed by atoms with Gasteiger partial charge in [-0.05, 0) is 40.5 Å². The van der Waals surface area contributed by atoms with Crippen molar-refractivity contribution in [3.8, 4) is 0 Å². The zero-order valence-electron chi connectivity index (χ0n) is 7.36. The number of rotatable bonds is 1. The van der Waals surface area contributed by atoms with E-state index in [9.17, 15) is 0 Å². The first-order valence-electron chi connectivity index (χ1n) is 3.65. The van der Waals surface area contributed by atoms with Crippen LogP contribution in [0.4, 0.5) is 5.69 Å². The second-order valence-electron chi connectivity index (χ2n) is 2.95. The van der Waals surface area contributed by atoms with Crippen LogP contribution in [0.2, 0.25) is 0 Å². The van der Waals surface area contributed by atoms with E-state index in [0.717, 1.165) is 8.95 Å². The molecular weight excluding hydrogens is 282 g/mol. The van der Waals surface area contributed by atoms with Crippen LogP contribution in [0.1, 0.15) is 5.56 Å². The van der Waals surface area contributed by atoms with E-state index in [1.54, 1.807) is 0 Å². The number of aryl methyl sites for hydroxylation is 1. The molecule has 0 aliphatic heterocycles. The number of hydrogen-bond acceptors (Lipinski definition) is 1.